The Morgan fingerprint density at radius 1 is 1.35 bits per heavy atom. The summed E-state index contributed by atoms with van der Waals surface area (Å²) in [6.07, 6.45) is 8.22. The van der Waals surface area contributed by atoms with Gasteiger partial charge in [0.05, 0.1) is 6.20 Å². The monoisotopic (exact) mass is 300 g/mol. The lowest BCUT2D eigenvalue weighted by Crippen LogP contribution is -2.34. The Morgan fingerprint density at radius 2 is 2.12 bits per heavy atom. The third-order valence-corrected chi connectivity index (χ3v) is 3.71. The molecule has 0 saturated heterocycles. The van der Waals surface area contributed by atoms with Crippen LogP contribution in [0.4, 0.5) is 4.39 Å². The van der Waals surface area contributed by atoms with Crippen molar-refractivity contribution in [1.29, 1.82) is 0 Å². The van der Waals surface area contributed by atoms with Gasteiger partial charge in [0, 0.05) is 30.7 Å². The Balaban J connectivity index is 2.01. The van der Waals surface area contributed by atoms with E-state index in [9.17, 15) is 4.39 Å². The molecule has 0 N–H and O–H groups in total. The fraction of sp³-hybridized carbons (Fsp3) is 0.615. The summed E-state index contributed by atoms with van der Waals surface area (Å²) in [4.78, 5) is 6.35. The molecule has 0 aromatic carbocycles. The quantitative estimate of drug-likeness (QED) is 0.775. The van der Waals surface area contributed by atoms with Crippen LogP contribution < -0.4 is 0 Å². The largest absolute Gasteiger partial charge is 0.295 e. The first-order valence-corrected chi connectivity index (χ1v) is 7.31. The molecule has 1 aromatic heterocycles. The average Bonchev–Trinajstić information content (AvgIpc) is 2.82. The normalized spacial score (nSPS) is 16.9. The fourth-order valence-corrected chi connectivity index (χ4v) is 3.00. The van der Waals surface area contributed by atoms with E-state index in [1.807, 2.05) is 0 Å². The molecule has 0 radical (unpaired) electrons. The lowest BCUT2D eigenvalue weighted by atomic mass is 10.2. The molecule has 2 nitrogen and oxygen atoms in total. The van der Waals surface area contributed by atoms with E-state index in [1.54, 1.807) is 12.3 Å². The van der Waals surface area contributed by atoms with E-state index in [0.717, 1.165) is 24.0 Å². The summed E-state index contributed by atoms with van der Waals surface area (Å²) in [5.74, 6) is -0.243. The van der Waals surface area contributed by atoms with Crippen LogP contribution in [0.25, 0.3) is 0 Å². The van der Waals surface area contributed by atoms with Crippen LogP contribution in [-0.4, -0.2) is 27.8 Å². The SMILES string of the molecule is Fc1cncc(CN(CCBr)C2CCCC2)c1. The molecule has 1 aromatic rings. The highest BCUT2D eigenvalue weighted by molar-refractivity contribution is 9.09. The summed E-state index contributed by atoms with van der Waals surface area (Å²) in [5.41, 5.74) is 0.970. The first-order chi connectivity index (χ1) is 8.29. The van der Waals surface area contributed by atoms with Crippen molar-refractivity contribution >= 4 is 15.9 Å². The molecule has 0 bridgehead atoms. The Morgan fingerprint density at radius 3 is 2.76 bits per heavy atom. The molecule has 0 spiro atoms. The van der Waals surface area contributed by atoms with Crippen molar-refractivity contribution in [3.8, 4) is 0 Å². The third kappa shape index (κ3) is 3.75. The van der Waals surface area contributed by atoms with Crippen LogP contribution in [0, 0.1) is 5.82 Å². The van der Waals surface area contributed by atoms with Crippen molar-refractivity contribution in [2.24, 2.45) is 0 Å². The van der Waals surface area contributed by atoms with Gasteiger partial charge in [-0.3, -0.25) is 9.88 Å². The van der Waals surface area contributed by atoms with Gasteiger partial charge in [0.1, 0.15) is 5.82 Å². The van der Waals surface area contributed by atoms with Gasteiger partial charge in [-0.25, -0.2) is 4.39 Å². The zero-order chi connectivity index (χ0) is 12.1. The smallest absolute Gasteiger partial charge is 0.141 e. The Labute approximate surface area is 110 Å². The van der Waals surface area contributed by atoms with E-state index in [4.69, 9.17) is 0 Å². The van der Waals surface area contributed by atoms with Crippen LogP contribution >= 0.6 is 15.9 Å². The first-order valence-electron chi connectivity index (χ1n) is 6.19. The summed E-state index contributed by atoms with van der Waals surface area (Å²) >= 11 is 3.49. The van der Waals surface area contributed by atoms with Gasteiger partial charge in [-0.2, -0.15) is 0 Å². The maximum absolute atomic E-state index is 13.1. The Bertz CT molecular complexity index is 353. The van der Waals surface area contributed by atoms with Crippen molar-refractivity contribution in [2.75, 3.05) is 11.9 Å². The van der Waals surface area contributed by atoms with Crippen LogP contribution in [0.15, 0.2) is 18.5 Å². The van der Waals surface area contributed by atoms with Crippen molar-refractivity contribution in [3.63, 3.8) is 0 Å². The molecule has 0 unspecified atom stereocenters. The van der Waals surface area contributed by atoms with Gasteiger partial charge in [-0.1, -0.05) is 28.8 Å². The predicted molar refractivity (Wildman–Crippen MR) is 70.7 cm³/mol. The number of hydrogen-bond donors (Lipinski definition) is 0. The minimum absolute atomic E-state index is 0.243. The second kappa shape index (κ2) is 6.45. The standard InChI is InChI=1S/C13H18BrFN2/c14-5-6-17(13-3-1-2-4-13)10-11-7-12(15)9-16-8-11/h7-9,13H,1-6,10H2. The second-order valence-corrected chi connectivity index (χ2v) is 5.40. The Hall–Kier alpha value is -0.480. The van der Waals surface area contributed by atoms with Gasteiger partial charge in [0.15, 0.2) is 0 Å². The van der Waals surface area contributed by atoms with Crippen molar-refractivity contribution in [1.82, 2.24) is 9.88 Å². The summed E-state index contributed by atoms with van der Waals surface area (Å²) < 4.78 is 13.1. The number of alkyl halides is 1. The number of halogens is 2. The van der Waals surface area contributed by atoms with Gasteiger partial charge in [0.2, 0.25) is 0 Å². The van der Waals surface area contributed by atoms with Crippen molar-refractivity contribution in [3.05, 3.63) is 29.8 Å². The highest BCUT2D eigenvalue weighted by atomic mass is 79.9. The lowest BCUT2D eigenvalue weighted by Gasteiger charge is -2.28. The van der Waals surface area contributed by atoms with E-state index < -0.39 is 0 Å². The lowest BCUT2D eigenvalue weighted by molar-refractivity contribution is 0.202. The minimum Gasteiger partial charge on any atom is -0.295 e. The zero-order valence-corrected chi connectivity index (χ0v) is 11.5. The van der Waals surface area contributed by atoms with E-state index in [-0.39, 0.29) is 5.82 Å². The van der Waals surface area contributed by atoms with Gasteiger partial charge < -0.3 is 0 Å². The highest BCUT2D eigenvalue weighted by Crippen LogP contribution is 2.24. The molecule has 0 aliphatic heterocycles. The number of hydrogen-bond acceptors (Lipinski definition) is 2. The molecule has 4 heteroatoms. The maximum Gasteiger partial charge on any atom is 0.141 e. The molecule has 1 aliphatic rings. The zero-order valence-electron chi connectivity index (χ0n) is 9.91. The number of aromatic nitrogens is 1. The van der Waals surface area contributed by atoms with Crippen LogP contribution in [0.2, 0.25) is 0 Å². The summed E-state index contributed by atoms with van der Waals surface area (Å²) in [6.45, 7) is 1.82. The molecule has 1 heterocycles. The fourth-order valence-electron chi connectivity index (χ4n) is 2.55. The summed E-state index contributed by atoms with van der Waals surface area (Å²) in [5, 5.41) is 0.965. The molecular formula is C13H18BrFN2. The molecule has 0 atom stereocenters. The van der Waals surface area contributed by atoms with E-state index in [0.29, 0.717) is 6.04 Å². The van der Waals surface area contributed by atoms with Crippen molar-refractivity contribution < 1.29 is 4.39 Å². The molecule has 1 saturated carbocycles. The van der Waals surface area contributed by atoms with E-state index >= 15 is 0 Å². The molecule has 1 fully saturated rings. The maximum atomic E-state index is 13.1. The molecule has 17 heavy (non-hydrogen) atoms. The summed E-state index contributed by atoms with van der Waals surface area (Å²) in [6, 6.07) is 2.25. The topological polar surface area (TPSA) is 16.1 Å². The minimum atomic E-state index is -0.243. The molecule has 2 rings (SSSR count). The van der Waals surface area contributed by atoms with Crippen LogP contribution in [0.1, 0.15) is 31.2 Å². The van der Waals surface area contributed by atoms with Gasteiger partial charge >= 0.3 is 0 Å². The van der Waals surface area contributed by atoms with E-state index in [1.165, 1.54) is 31.9 Å². The molecule has 94 valence electrons. The first kappa shape index (κ1) is 13.0. The molecular weight excluding hydrogens is 283 g/mol. The van der Waals surface area contributed by atoms with Crippen LogP contribution in [0.3, 0.4) is 0 Å². The average molecular weight is 301 g/mol. The number of rotatable bonds is 5. The third-order valence-electron chi connectivity index (χ3n) is 3.36. The van der Waals surface area contributed by atoms with Gasteiger partial charge in [-0.15, -0.1) is 0 Å². The second-order valence-electron chi connectivity index (χ2n) is 4.61. The molecule has 1 aliphatic carbocycles. The Kier molecular flexibility index (Phi) is 4.92. The molecule has 0 amide bonds. The summed E-state index contributed by atoms with van der Waals surface area (Å²) in [7, 11) is 0. The number of pyridine rings is 1. The van der Waals surface area contributed by atoms with Crippen molar-refractivity contribution in [2.45, 2.75) is 38.3 Å². The van der Waals surface area contributed by atoms with Crippen LogP contribution in [-0.2, 0) is 6.54 Å². The van der Waals surface area contributed by atoms with Crippen LogP contribution in [0.5, 0.6) is 0 Å². The van der Waals surface area contributed by atoms with Gasteiger partial charge in [0.25, 0.3) is 0 Å². The highest BCUT2D eigenvalue weighted by Gasteiger charge is 2.22. The van der Waals surface area contributed by atoms with E-state index in [2.05, 4.69) is 25.8 Å². The number of nitrogens with zero attached hydrogens (tertiary/aromatic N) is 2. The van der Waals surface area contributed by atoms with Gasteiger partial charge in [-0.05, 0) is 24.5 Å². The predicted octanol–water partition coefficient (Wildman–Crippen LogP) is 3.36.